The highest BCUT2D eigenvalue weighted by Crippen LogP contribution is 2.45. The topological polar surface area (TPSA) is 49.7 Å². The molecule has 0 bridgehead atoms. The van der Waals surface area contributed by atoms with Gasteiger partial charge in [-0.1, -0.05) is 33.1 Å². The number of rotatable bonds is 7. The zero-order chi connectivity index (χ0) is 14.5. The number of ether oxygens (including phenoxy) is 1. The number of phenols is 1. The summed E-state index contributed by atoms with van der Waals surface area (Å²) in [6.45, 7) is 4.43. The van der Waals surface area contributed by atoms with E-state index in [1.807, 2.05) is 12.1 Å². The van der Waals surface area contributed by atoms with Gasteiger partial charge in [0, 0.05) is 24.5 Å². The van der Waals surface area contributed by atoms with E-state index in [0.717, 1.165) is 49.0 Å². The van der Waals surface area contributed by atoms with Crippen LogP contribution in [0.2, 0.25) is 0 Å². The van der Waals surface area contributed by atoms with E-state index in [9.17, 15) is 10.2 Å². The summed E-state index contributed by atoms with van der Waals surface area (Å²) >= 11 is 0. The van der Waals surface area contributed by atoms with E-state index < -0.39 is 0 Å². The van der Waals surface area contributed by atoms with Crippen molar-refractivity contribution in [2.75, 3.05) is 6.61 Å². The number of aliphatic hydroxyl groups excluding tert-OH is 1. The van der Waals surface area contributed by atoms with Crippen LogP contribution in [0.4, 0.5) is 0 Å². The third-order valence-corrected chi connectivity index (χ3v) is 4.14. The maximum absolute atomic E-state index is 10.2. The van der Waals surface area contributed by atoms with Crippen LogP contribution in [-0.4, -0.2) is 22.9 Å². The van der Waals surface area contributed by atoms with Gasteiger partial charge in [-0.3, -0.25) is 0 Å². The Labute approximate surface area is 121 Å². The Morgan fingerprint density at radius 1 is 1.15 bits per heavy atom. The van der Waals surface area contributed by atoms with Crippen LogP contribution in [-0.2, 0) is 6.42 Å². The molecule has 112 valence electrons. The molecule has 3 nitrogen and oxygen atoms in total. The van der Waals surface area contributed by atoms with Crippen molar-refractivity contribution in [2.24, 2.45) is 0 Å². The molecule has 0 amide bonds. The Morgan fingerprint density at radius 2 is 1.95 bits per heavy atom. The van der Waals surface area contributed by atoms with Crippen LogP contribution in [0.3, 0.4) is 0 Å². The molecule has 20 heavy (non-hydrogen) atoms. The fraction of sp³-hybridized carbons (Fsp3) is 0.647. The molecule has 0 radical (unpaired) electrons. The average molecular weight is 278 g/mol. The van der Waals surface area contributed by atoms with E-state index >= 15 is 0 Å². The van der Waals surface area contributed by atoms with Gasteiger partial charge in [0.2, 0.25) is 0 Å². The summed E-state index contributed by atoms with van der Waals surface area (Å²) in [5.74, 6) is 1.60. The summed E-state index contributed by atoms with van der Waals surface area (Å²) in [7, 11) is 0. The molecule has 0 spiro atoms. The zero-order valence-electron chi connectivity index (χ0n) is 12.6. The molecule has 0 saturated carbocycles. The molecule has 2 atom stereocenters. The van der Waals surface area contributed by atoms with Crippen LogP contribution < -0.4 is 4.74 Å². The Hall–Kier alpha value is -1.22. The molecule has 0 aliphatic carbocycles. The molecular formula is C17H26O3. The predicted octanol–water partition coefficient (Wildman–Crippen LogP) is 3.76. The minimum atomic E-state index is 0.0535. The number of aliphatic hydroxyl groups is 1. The Balaban J connectivity index is 2.27. The molecule has 1 aromatic carbocycles. The van der Waals surface area contributed by atoms with Gasteiger partial charge in [-0.15, -0.1) is 0 Å². The molecule has 1 aromatic rings. The molecule has 0 aromatic heterocycles. The SMILES string of the molecule is CCCCC1c2cc(O)c(CCC)cc2OC1CCO. The molecule has 2 N–H and O–H groups in total. The van der Waals surface area contributed by atoms with Gasteiger partial charge in [0.05, 0.1) is 0 Å². The summed E-state index contributed by atoms with van der Waals surface area (Å²) in [5, 5.41) is 19.4. The van der Waals surface area contributed by atoms with Gasteiger partial charge in [-0.05, 0) is 30.5 Å². The first-order valence-corrected chi connectivity index (χ1v) is 7.84. The lowest BCUT2D eigenvalue weighted by Crippen LogP contribution is -2.20. The first-order valence-electron chi connectivity index (χ1n) is 7.84. The second-order valence-electron chi connectivity index (χ2n) is 5.69. The van der Waals surface area contributed by atoms with E-state index in [-0.39, 0.29) is 12.7 Å². The summed E-state index contributed by atoms with van der Waals surface area (Å²) < 4.78 is 6.03. The normalized spacial score (nSPS) is 20.8. The number of unbranched alkanes of at least 4 members (excludes halogenated alkanes) is 1. The van der Waals surface area contributed by atoms with Gasteiger partial charge >= 0.3 is 0 Å². The molecule has 1 aliphatic rings. The maximum Gasteiger partial charge on any atom is 0.123 e. The summed E-state index contributed by atoms with van der Waals surface area (Å²) in [6.07, 6.45) is 5.94. The lowest BCUT2D eigenvalue weighted by molar-refractivity contribution is 0.151. The van der Waals surface area contributed by atoms with Gasteiger partial charge in [-0.2, -0.15) is 0 Å². The zero-order valence-corrected chi connectivity index (χ0v) is 12.6. The molecule has 0 saturated heterocycles. The van der Waals surface area contributed by atoms with E-state index in [1.165, 1.54) is 0 Å². The van der Waals surface area contributed by atoms with Crippen molar-refractivity contribution in [3.8, 4) is 11.5 Å². The van der Waals surface area contributed by atoms with Crippen LogP contribution in [0.5, 0.6) is 11.5 Å². The third-order valence-electron chi connectivity index (χ3n) is 4.14. The van der Waals surface area contributed by atoms with E-state index in [2.05, 4.69) is 13.8 Å². The van der Waals surface area contributed by atoms with Crippen molar-refractivity contribution in [3.05, 3.63) is 23.3 Å². The first kappa shape index (κ1) is 15.2. The van der Waals surface area contributed by atoms with E-state index in [4.69, 9.17) is 4.74 Å². The van der Waals surface area contributed by atoms with Crippen molar-refractivity contribution in [1.82, 2.24) is 0 Å². The number of benzene rings is 1. The van der Waals surface area contributed by atoms with Crippen LogP contribution in [0.25, 0.3) is 0 Å². The predicted molar refractivity (Wildman–Crippen MR) is 80.5 cm³/mol. The lowest BCUT2D eigenvalue weighted by atomic mass is 9.88. The highest BCUT2D eigenvalue weighted by Gasteiger charge is 2.34. The lowest BCUT2D eigenvalue weighted by Gasteiger charge is -2.17. The fourth-order valence-corrected chi connectivity index (χ4v) is 3.09. The van der Waals surface area contributed by atoms with Gasteiger partial charge in [0.15, 0.2) is 0 Å². The van der Waals surface area contributed by atoms with Crippen LogP contribution >= 0.6 is 0 Å². The number of fused-ring (bicyclic) bond motifs is 1. The van der Waals surface area contributed by atoms with Crippen LogP contribution in [0.1, 0.15) is 63.0 Å². The first-order chi connectivity index (χ1) is 9.71. The summed E-state index contributed by atoms with van der Waals surface area (Å²) in [4.78, 5) is 0. The molecule has 3 heteroatoms. The van der Waals surface area contributed by atoms with Crippen molar-refractivity contribution in [2.45, 2.75) is 64.4 Å². The summed E-state index contributed by atoms with van der Waals surface area (Å²) in [6, 6.07) is 3.88. The standard InChI is InChI=1S/C17H26O3/c1-3-5-7-13-14-11-15(19)12(6-4-2)10-17(14)20-16(13)8-9-18/h10-11,13,16,18-19H,3-9H2,1-2H3. The smallest absolute Gasteiger partial charge is 0.123 e. The summed E-state index contributed by atoms with van der Waals surface area (Å²) in [5.41, 5.74) is 2.08. The highest BCUT2D eigenvalue weighted by atomic mass is 16.5. The van der Waals surface area contributed by atoms with Gasteiger partial charge in [0.25, 0.3) is 0 Å². The second kappa shape index (κ2) is 6.98. The number of hydrogen-bond donors (Lipinski definition) is 2. The van der Waals surface area contributed by atoms with Crippen molar-refractivity contribution < 1.29 is 14.9 Å². The average Bonchev–Trinajstić information content (AvgIpc) is 2.74. The van der Waals surface area contributed by atoms with Crippen molar-refractivity contribution in [1.29, 1.82) is 0 Å². The number of aryl methyl sites for hydroxylation is 1. The van der Waals surface area contributed by atoms with E-state index in [1.54, 1.807) is 0 Å². The number of hydrogen-bond acceptors (Lipinski definition) is 3. The fourth-order valence-electron chi connectivity index (χ4n) is 3.09. The Morgan fingerprint density at radius 3 is 2.60 bits per heavy atom. The minimum absolute atomic E-state index is 0.0535. The quantitative estimate of drug-likeness (QED) is 0.798. The molecule has 1 heterocycles. The Bertz CT molecular complexity index is 442. The maximum atomic E-state index is 10.2. The van der Waals surface area contributed by atoms with Crippen molar-refractivity contribution >= 4 is 0 Å². The van der Waals surface area contributed by atoms with Crippen LogP contribution in [0.15, 0.2) is 12.1 Å². The molecule has 2 rings (SSSR count). The molecule has 0 fully saturated rings. The highest BCUT2D eigenvalue weighted by molar-refractivity contribution is 5.50. The number of phenolic OH excluding ortho intramolecular Hbond substituents is 1. The third kappa shape index (κ3) is 3.09. The second-order valence-corrected chi connectivity index (χ2v) is 5.69. The van der Waals surface area contributed by atoms with Gasteiger partial charge in [0.1, 0.15) is 17.6 Å². The van der Waals surface area contributed by atoms with Crippen LogP contribution in [0, 0.1) is 0 Å². The molecule has 1 aliphatic heterocycles. The van der Waals surface area contributed by atoms with Gasteiger partial charge in [-0.25, -0.2) is 0 Å². The van der Waals surface area contributed by atoms with E-state index in [0.29, 0.717) is 18.1 Å². The van der Waals surface area contributed by atoms with Crippen molar-refractivity contribution in [3.63, 3.8) is 0 Å². The Kier molecular flexibility index (Phi) is 5.30. The largest absolute Gasteiger partial charge is 0.508 e. The number of aromatic hydroxyl groups is 1. The molecular weight excluding hydrogens is 252 g/mol. The van der Waals surface area contributed by atoms with Gasteiger partial charge < -0.3 is 14.9 Å². The molecule has 2 unspecified atom stereocenters. The minimum Gasteiger partial charge on any atom is -0.508 e. The monoisotopic (exact) mass is 278 g/mol.